The van der Waals surface area contributed by atoms with Crippen LogP contribution in [0.4, 0.5) is 40.1 Å². The summed E-state index contributed by atoms with van der Waals surface area (Å²) in [5, 5.41) is 6.20. The van der Waals surface area contributed by atoms with Gasteiger partial charge in [0.15, 0.2) is 0 Å². The van der Waals surface area contributed by atoms with Crippen molar-refractivity contribution in [2.45, 2.75) is 75.9 Å². The second-order valence-electron chi connectivity index (χ2n) is 12.3. The first-order valence-electron chi connectivity index (χ1n) is 16.6. The summed E-state index contributed by atoms with van der Waals surface area (Å²) in [7, 11) is 1.48. The highest BCUT2D eigenvalue weighted by atomic mass is 19.4. The SMILES string of the molecule is COc1ncc(-c2cnc(N(C(=O)NCc3ccccc3)C3CCC(Nc4ncc(C(F)(F)F)c(N5CCCC(F)CC5)n4)CC3)nc2)cn1. The quantitative estimate of drug-likeness (QED) is 0.195. The van der Waals surface area contributed by atoms with Crippen LogP contribution in [0.2, 0.25) is 0 Å². The number of nitrogens with zero attached hydrogens (tertiary/aromatic N) is 8. The van der Waals surface area contributed by atoms with Gasteiger partial charge in [-0.15, -0.1) is 0 Å². The van der Waals surface area contributed by atoms with E-state index < -0.39 is 17.9 Å². The highest BCUT2D eigenvalue weighted by molar-refractivity contribution is 5.90. The first-order chi connectivity index (χ1) is 24.2. The van der Waals surface area contributed by atoms with Crippen molar-refractivity contribution >= 4 is 23.7 Å². The Bertz CT molecular complexity index is 1710. The first kappa shape index (κ1) is 34.7. The molecule has 2 aliphatic rings. The number of urea groups is 1. The van der Waals surface area contributed by atoms with Crippen LogP contribution in [0, 0.1) is 0 Å². The van der Waals surface area contributed by atoms with E-state index in [1.54, 1.807) is 29.7 Å². The largest absolute Gasteiger partial charge is 0.467 e. The molecule has 0 spiro atoms. The molecule has 6 rings (SSSR count). The molecule has 4 aromatic rings. The van der Waals surface area contributed by atoms with E-state index in [0.29, 0.717) is 56.2 Å². The van der Waals surface area contributed by atoms with E-state index in [0.717, 1.165) is 11.8 Å². The molecule has 1 atom stereocenters. The summed E-state index contributed by atoms with van der Waals surface area (Å²) >= 11 is 0. The lowest BCUT2D eigenvalue weighted by molar-refractivity contribution is -0.137. The molecule has 3 aromatic heterocycles. The van der Waals surface area contributed by atoms with Crippen LogP contribution in [-0.4, -0.2) is 74.4 Å². The number of carbonyl (C=O) groups excluding carboxylic acids is 1. The van der Waals surface area contributed by atoms with Gasteiger partial charge in [-0.2, -0.15) is 18.2 Å². The van der Waals surface area contributed by atoms with Crippen molar-refractivity contribution in [3.63, 3.8) is 0 Å². The van der Waals surface area contributed by atoms with Crippen LogP contribution in [0.15, 0.2) is 61.3 Å². The number of anilines is 3. The van der Waals surface area contributed by atoms with E-state index in [-0.39, 0.29) is 61.4 Å². The topological polar surface area (TPSA) is 134 Å². The Morgan fingerprint density at radius 1 is 0.900 bits per heavy atom. The minimum atomic E-state index is -4.65. The number of hydrogen-bond acceptors (Lipinski definition) is 10. The Morgan fingerprint density at radius 2 is 1.58 bits per heavy atom. The van der Waals surface area contributed by atoms with Crippen LogP contribution in [0.5, 0.6) is 6.01 Å². The van der Waals surface area contributed by atoms with E-state index in [1.807, 2.05) is 30.3 Å². The third-order valence-electron chi connectivity index (χ3n) is 8.93. The summed E-state index contributed by atoms with van der Waals surface area (Å²) in [4.78, 5) is 42.4. The number of ether oxygens (including phenoxy) is 1. The monoisotopic (exact) mass is 694 g/mol. The number of hydrogen-bond donors (Lipinski definition) is 2. The Morgan fingerprint density at radius 3 is 2.24 bits per heavy atom. The summed E-state index contributed by atoms with van der Waals surface area (Å²) < 4.78 is 60.8. The summed E-state index contributed by atoms with van der Waals surface area (Å²) in [6.07, 6.45) is 4.69. The fraction of sp³-hybridized carbons (Fsp3) is 0.441. The smallest absolute Gasteiger partial charge is 0.421 e. The minimum absolute atomic E-state index is 0.0800. The zero-order valence-corrected chi connectivity index (χ0v) is 27.5. The molecule has 2 amide bonds. The lowest BCUT2D eigenvalue weighted by atomic mass is 9.90. The van der Waals surface area contributed by atoms with Gasteiger partial charge in [0.05, 0.1) is 7.11 Å². The van der Waals surface area contributed by atoms with E-state index >= 15 is 0 Å². The Hall–Kier alpha value is -5.15. The molecule has 50 heavy (non-hydrogen) atoms. The number of nitrogens with one attached hydrogen (secondary N) is 2. The third-order valence-corrected chi connectivity index (χ3v) is 8.93. The molecule has 12 nitrogen and oxygen atoms in total. The summed E-state index contributed by atoms with van der Waals surface area (Å²) in [5.74, 6) is 0.0751. The summed E-state index contributed by atoms with van der Waals surface area (Å²) in [6.45, 7) is 0.736. The number of benzene rings is 1. The zero-order valence-electron chi connectivity index (χ0n) is 27.5. The van der Waals surface area contributed by atoms with Gasteiger partial charge in [0.25, 0.3) is 0 Å². The van der Waals surface area contributed by atoms with Gasteiger partial charge in [-0.05, 0) is 50.5 Å². The molecule has 2 N–H and O–H groups in total. The van der Waals surface area contributed by atoms with Crippen LogP contribution in [0.3, 0.4) is 0 Å². The Balaban J connectivity index is 1.16. The first-order valence-corrected chi connectivity index (χ1v) is 16.6. The Kier molecular flexibility index (Phi) is 10.8. The van der Waals surface area contributed by atoms with Crippen molar-refractivity contribution in [2.24, 2.45) is 0 Å². The second kappa shape index (κ2) is 15.6. The van der Waals surface area contributed by atoms with Gasteiger partial charge in [-0.1, -0.05) is 30.3 Å². The van der Waals surface area contributed by atoms with Crippen molar-refractivity contribution in [2.75, 3.05) is 35.3 Å². The summed E-state index contributed by atoms with van der Waals surface area (Å²) in [5.41, 5.74) is 1.34. The average molecular weight is 695 g/mol. The third kappa shape index (κ3) is 8.52. The predicted molar refractivity (Wildman–Crippen MR) is 178 cm³/mol. The number of alkyl halides is 4. The predicted octanol–water partition coefficient (Wildman–Crippen LogP) is 6.22. The molecule has 1 saturated heterocycles. The van der Waals surface area contributed by atoms with Crippen LogP contribution in [0.1, 0.15) is 56.1 Å². The van der Waals surface area contributed by atoms with Gasteiger partial charge in [-0.3, -0.25) is 4.90 Å². The number of carbonyl (C=O) groups is 1. The molecule has 1 aliphatic heterocycles. The number of halogens is 4. The van der Waals surface area contributed by atoms with Gasteiger partial charge in [0, 0.05) is 73.8 Å². The highest BCUT2D eigenvalue weighted by Gasteiger charge is 2.38. The van der Waals surface area contributed by atoms with E-state index in [1.165, 1.54) is 12.0 Å². The lowest BCUT2D eigenvalue weighted by Crippen LogP contribution is -2.49. The van der Waals surface area contributed by atoms with Crippen molar-refractivity contribution < 1.29 is 27.1 Å². The molecule has 0 bridgehead atoms. The van der Waals surface area contributed by atoms with Gasteiger partial charge >= 0.3 is 18.2 Å². The Labute approximate surface area is 286 Å². The number of amides is 2. The van der Waals surface area contributed by atoms with Gasteiger partial charge in [0.2, 0.25) is 11.9 Å². The standard InChI is InChI=1S/C34H38F4N10O2/c1-50-32-42-19-24(20-43-32)23-17-40-31(41-18-23)48(33(49)44-16-22-6-3-2-4-7-22)27-11-9-26(10-12-27)45-30-39-21-28(34(36,37)38)29(46-30)47-14-5-8-25(35)13-15-47/h2-4,6-7,17-21,25-27H,5,8-16H2,1H3,(H,44,49)(H,39,45,46). The van der Waals surface area contributed by atoms with Gasteiger partial charge in [0.1, 0.15) is 17.6 Å². The van der Waals surface area contributed by atoms with Crippen LogP contribution >= 0.6 is 0 Å². The number of methoxy groups -OCH3 is 1. The molecule has 1 aliphatic carbocycles. The maximum atomic E-state index is 14.0. The van der Waals surface area contributed by atoms with E-state index in [4.69, 9.17) is 4.74 Å². The molecule has 16 heteroatoms. The maximum Gasteiger partial charge on any atom is 0.421 e. The fourth-order valence-electron chi connectivity index (χ4n) is 6.26. The van der Waals surface area contributed by atoms with Crippen molar-refractivity contribution in [1.82, 2.24) is 35.2 Å². The average Bonchev–Trinajstić information content (AvgIpc) is 3.36. The van der Waals surface area contributed by atoms with Crippen molar-refractivity contribution in [1.29, 1.82) is 0 Å². The summed E-state index contributed by atoms with van der Waals surface area (Å²) in [6, 6.07) is 9.01. The molecular weight excluding hydrogens is 656 g/mol. The molecule has 1 unspecified atom stereocenters. The van der Waals surface area contributed by atoms with Gasteiger partial charge < -0.3 is 20.3 Å². The normalized spacial score (nSPS) is 19.7. The molecule has 264 valence electrons. The van der Waals surface area contributed by atoms with Gasteiger partial charge in [-0.25, -0.2) is 34.1 Å². The number of aromatic nitrogens is 6. The lowest BCUT2D eigenvalue weighted by Gasteiger charge is -2.36. The second-order valence-corrected chi connectivity index (χ2v) is 12.3. The van der Waals surface area contributed by atoms with E-state index in [9.17, 15) is 22.4 Å². The zero-order chi connectivity index (χ0) is 35.1. The van der Waals surface area contributed by atoms with Crippen LogP contribution in [0.25, 0.3) is 11.1 Å². The molecule has 1 saturated carbocycles. The number of rotatable bonds is 9. The van der Waals surface area contributed by atoms with Crippen LogP contribution < -0.4 is 25.2 Å². The fourth-order valence-corrected chi connectivity index (χ4v) is 6.26. The minimum Gasteiger partial charge on any atom is -0.467 e. The molecule has 4 heterocycles. The van der Waals surface area contributed by atoms with Crippen LogP contribution in [-0.2, 0) is 12.7 Å². The molecule has 2 fully saturated rings. The van der Waals surface area contributed by atoms with E-state index in [2.05, 4.69) is 40.5 Å². The maximum absolute atomic E-state index is 14.0. The van der Waals surface area contributed by atoms with Crippen molar-refractivity contribution in [3.05, 3.63) is 72.4 Å². The molecule has 1 aromatic carbocycles. The highest BCUT2D eigenvalue weighted by Crippen LogP contribution is 2.37. The molecular formula is C34H38F4N10O2. The van der Waals surface area contributed by atoms with Crippen molar-refractivity contribution in [3.8, 4) is 17.1 Å². The molecule has 0 radical (unpaired) electrons.